The summed E-state index contributed by atoms with van der Waals surface area (Å²) in [4.78, 5) is 2.31. The van der Waals surface area contributed by atoms with Crippen LogP contribution in [0, 0.1) is 11.3 Å². The lowest BCUT2D eigenvalue weighted by Crippen LogP contribution is -2.30. The van der Waals surface area contributed by atoms with Gasteiger partial charge in [-0.15, -0.1) is 0 Å². The molecular weight excluding hydrogens is 232 g/mol. The van der Waals surface area contributed by atoms with E-state index in [1.54, 1.807) is 5.54 Å². The molecular formula is C14H17ClN2. The molecule has 2 nitrogen and oxygen atoms in total. The Labute approximate surface area is 108 Å². The molecule has 0 atom stereocenters. The third kappa shape index (κ3) is 4.60. The van der Waals surface area contributed by atoms with Gasteiger partial charge in [-0.2, -0.15) is 5.26 Å². The summed E-state index contributed by atoms with van der Waals surface area (Å²) in [5.74, 6) is 0. The molecule has 90 valence electrons. The van der Waals surface area contributed by atoms with E-state index in [2.05, 4.69) is 24.8 Å². The highest BCUT2D eigenvalue weighted by Crippen LogP contribution is 2.09. The Hall–Kier alpha value is -1.30. The summed E-state index contributed by atoms with van der Waals surface area (Å²) in [6.07, 6.45) is 1.94. The predicted molar refractivity (Wildman–Crippen MR) is 71.7 cm³/mol. The van der Waals surface area contributed by atoms with E-state index in [0.29, 0.717) is 11.6 Å². The zero-order valence-corrected chi connectivity index (χ0v) is 11.0. The number of halogens is 1. The first-order valence-electron chi connectivity index (χ1n) is 5.65. The molecule has 0 fully saturated rings. The highest BCUT2D eigenvalue weighted by Gasteiger charge is 2.08. The van der Waals surface area contributed by atoms with E-state index in [1.165, 1.54) is 5.56 Å². The molecule has 0 saturated carbocycles. The van der Waals surface area contributed by atoms with Crippen molar-refractivity contribution >= 4 is 11.6 Å². The van der Waals surface area contributed by atoms with E-state index in [4.69, 9.17) is 16.9 Å². The summed E-state index contributed by atoms with van der Waals surface area (Å²) in [7, 11) is 0. The molecule has 0 saturated heterocycles. The smallest absolute Gasteiger partial charge is 0.0991 e. The molecule has 0 aliphatic carbocycles. The largest absolute Gasteiger partial charge is 0.293 e. The second kappa shape index (κ2) is 7.11. The van der Waals surface area contributed by atoms with Crippen molar-refractivity contribution < 1.29 is 0 Å². The normalized spacial score (nSPS) is 11.3. The Morgan fingerprint density at radius 3 is 2.47 bits per heavy atom. The number of nitriles is 1. The quantitative estimate of drug-likeness (QED) is 0.797. The third-order valence-corrected chi connectivity index (χ3v) is 2.81. The molecule has 0 aromatic heterocycles. The van der Waals surface area contributed by atoms with E-state index in [-0.39, 0.29) is 0 Å². The van der Waals surface area contributed by atoms with Crippen molar-refractivity contribution in [3.05, 3.63) is 47.0 Å². The SMILES string of the molecule is CC(C)N(CC=CCl)Cc1ccc(C#N)cc1. The van der Waals surface area contributed by atoms with Gasteiger partial charge in [-0.25, -0.2) is 0 Å². The van der Waals surface area contributed by atoms with Crippen molar-refractivity contribution in [3.8, 4) is 6.07 Å². The van der Waals surface area contributed by atoms with Gasteiger partial charge in [-0.05, 0) is 31.5 Å². The predicted octanol–water partition coefficient (Wildman–Crippen LogP) is 3.52. The van der Waals surface area contributed by atoms with Gasteiger partial charge in [-0.3, -0.25) is 4.90 Å². The van der Waals surface area contributed by atoms with Crippen LogP contribution in [0.1, 0.15) is 25.0 Å². The van der Waals surface area contributed by atoms with Gasteiger partial charge in [0.25, 0.3) is 0 Å². The van der Waals surface area contributed by atoms with Crippen LogP contribution in [0.15, 0.2) is 35.9 Å². The van der Waals surface area contributed by atoms with Crippen LogP contribution in [0.2, 0.25) is 0 Å². The molecule has 1 rings (SSSR count). The Bertz CT molecular complexity index is 401. The second-order valence-corrected chi connectivity index (χ2v) is 4.45. The van der Waals surface area contributed by atoms with E-state index in [1.807, 2.05) is 30.3 Å². The van der Waals surface area contributed by atoms with Crippen LogP contribution >= 0.6 is 11.6 Å². The Morgan fingerprint density at radius 2 is 2.00 bits per heavy atom. The Balaban J connectivity index is 2.68. The van der Waals surface area contributed by atoms with Gasteiger partial charge >= 0.3 is 0 Å². The highest BCUT2D eigenvalue weighted by molar-refractivity contribution is 6.25. The fraction of sp³-hybridized carbons (Fsp3) is 0.357. The number of benzene rings is 1. The molecule has 0 heterocycles. The molecule has 0 N–H and O–H groups in total. The summed E-state index contributed by atoms with van der Waals surface area (Å²) < 4.78 is 0. The average Bonchev–Trinajstić information content (AvgIpc) is 2.35. The minimum Gasteiger partial charge on any atom is -0.293 e. The Morgan fingerprint density at radius 1 is 1.35 bits per heavy atom. The standard InChI is InChI=1S/C14H17ClN2/c1-12(2)17(9-3-8-15)11-14-6-4-13(10-16)5-7-14/h3-8,12H,9,11H2,1-2H3. The molecule has 3 heteroatoms. The molecule has 0 amide bonds. The number of hydrogen-bond donors (Lipinski definition) is 0. The first kappa shape index (κ1) is 13.8. The zero-order chi connectivity index (χ0) is 12.7. The molecule has 17 heavy (non-hydrogen) atoms. The van der Waals surface area contributed by atoms with Crippen LogP contribution in [0.4, 0.5) is 0 Å². The van der Waals surface area contributed by atoms with Gasteiger partial charge in [0.1, 0.15) is 0 Å². The number of rotatable bonds is 5. The van der Waals surface area contributed by atoms with Crippen LogP contribution in [0.25, 0.3) is 0 Å². The lowest BCUT2D eigenvalue weighted by atomic mass is 10.1. The van der Waals surface area contributed by atoms with Gasteiger partial charge in [0.05, 0.1) is 11.6 Å². The van der Waals surface area contributed by atoms with Crippen LogP contribution in [0.5, 0.6) is 0 Å². The molecule has 0 aliphatic rings. The fourth-order valence-electron chi connectivity index (χ4n) is 1.55. The van der Waals surface area contributed by atoms with E-state index in [0.717, 1.165) is 13.1 Å². The summed E-state index contributed by atoms with van der Waals surface area (Å²) in [6.45, 7) is 6.02. The second-order valence-electron chi connectivity index (χ2n) is 4.19. The van der Waals surface area contributed by atoms with Crippen molar-refractivity contribution in [1.29, 1.82) is 5.26 Å². The first-order valence-corrected chi connectivity index (χ1v) is 6.09. The first-order chi connectivity index (χ1) is 8.17. The van der Waals surface area contributed by atoms with Crippen molar-refractivity contribution in [1.82, 2.24) is 4.90 Å². The van der Waals surface area contributed by atoms with Gasteiger partial charge in [0, 0.05) is 24.7 Å². The van der Waals surface area contributed by atoms with E-state index in [9.17, 15) is 0 Å². The van der Waals surface area contributed by atoms with Gasteiger partial charge in [-0.1, -0.05) is 29.8 Å². The Kier molecular flexibility index (Phi) is 5.76. The van der Waals surface area contributed by atoms with Gasteiger partial charge in [0.2, 0.25) is 0 Å². The molecule has 1 aromatic rings. The van der Waals surface area contributed by atoms with Gasteiger partial charge in [0.15, 0.2) is 0 Å². The van der Waals surface area contributed by atoms with Crippen molar-refractivity contribution in [2.75, 3.05) is 6.54 Å². The fourth-order valence-corrected chi connectivity index (χ4v) is 1.63. The van der Waals surface area contributed by atoms with Crippen LogP contribution in [0.3, 0.4) is 0 Å². The molecule has 0 bridgehead atoms. The van der Waals surface area contributed by atoms with Gasteiger partial charge < -0.3 is 0 Å². The monoisotopic (exact) mass is 248 g/mol. The third-order valence-electron chi connectivity index (χ3n) is 2.63. The van der Waals surface area contributed by atoms with E-state index >= 15 is 0 Å². The highest BCUT2D eigenvalue weighted by atomic mass is 35.5. The maximum absolute atomic E-state index is 8.73. The molecule has 0 radical (unpaired) electrons. The average molecular weight is 249 g/mol. The topological polar surface area (TPSA) is 27.0 Å². The minimum absolute atomic E-state index is 0.457. The molecule has 0 aliphatic heterocycles. The maximum atomic E-state index is 8.73. The number of hydrogen-bond acceptors (Lipinski definition) is 2. The summed E-state index contributed by atoms with van der Waals surface area (Å²) in [5.41, 5.74) is 3.46. The summed E-state index contributed by atoms with van der Waals surface area (Å²) in [6, 6.07) is 10.3. The van der Waals surface area contributed by atoms with Crippen LogP contribution in [-0.4, -0.2) is 17.5 Å². The van der Waals surface area contributed by atoms with Crippen molar-refractivity contribution in [2.24, 2.45) is 0 Å². The maximum Gasteiger partial charge on any atom is 0.0991 e. The minimum atomic E-state index is 0.457. The summed E-state index contributed by atoms with van der Waals surface area (Å²) >= 11 is 5.55. The zero-order valence-electron chi connectivity index (χ0n) is 10.2. The lowest BCUT2D eigenvalue weighted by molar-refractivity contribution is 0.237. The van der Waals surface area contributed by atoms with Crippen LogP contribution in [-0.2, 0) is 6.54 Å². The van der Waals surface area contributed by atoms with Crippen LogP contribution < -0.4 is 0 Å². The van der Waals surface area contributed by atoms with Crippen molar-refractivity contribution in [2.45, 2.75) is 26.4 Å². The van der Waals surface area contributed by atoms with Crippen molar-refractivity contribution in [3.63, 3.8) is 0 Å². The van der Waals surface area contributed by atoms with E-state index < -0.39 is 0 Å². The molecule has 0 spiro atoms. The molecule has 0 unspecified atom stereocenters. The molecule has 1 aromatic carbocycles. The lowest BCUT2D eigenvalue weighted by Gasteiger charge is -2.25. The summed E-state index contributed by atoms with van der Waals surface area (Å²) in [5, 5.41) is 8.73. The number of nitrogens with zero attached hydrogens (tertiary/aromatic N) is 2.